The van der Waals surface area contributed by atoms with Crippen LogP contribution in [0.2, 0.25) is 0 Å². The first-order valence-electron chi connectivity index (χ1n) is 5.65. The van der Waals surface area contributed by atoms with E-state index < -0.39 is 0 Å². The molecule has 0 radical (unpaired) electrons. The van der Waals surface area contributed by atoms with Crippen LogP contribution in [0.5, 0.6) is 0 Å². The maximum atomic E-state index is 11.7. The lowest BCUT2D eigenvalue weighted by atomic mass is 9.88. The Hall–Kier alpha value is -1.45. The molecular formula is C12H16N2O2. The second kappa shape index (κ2) is 4.20. The lowest BCUT2D eigenvalue weighted by molar-refractivity contribution is -0.117. The van der Waals surface area contributed by atoms with Crippen molar-refractivity contribution in [1.29, 1.82) is 0 Å². The number of aryl methyl sites for hydroxylation is 1. The predicted molar refractivity (Wildman–Crippen MR) is 60.4 cm³/mol. The maximum Gasteiger partial charge on any atom is 0.267 e. The zero-order valence-electron chi connectivity index (χ0n) is 9.69. The molecule has 0 saturated heterocycles. The fourth-order valence-electron chi connectivity index (χ4n) is 2.14. The third-order valence-corrected chi connectivity index (χ3v) is 2.98. The smallest absolute Gasteiger partial charge is 0.267 e. The Balaban J connectivity index is 2.38. The van der Waals surface area contributed by atoms with Crippen molar-refractivity contribution >= 4 is 5.78 Å². The lowest BCUT2D eigenvalue weighted by Gasteiger charge is -2.20. The van der Waals surface area contributed by atoms with Crippen LogP contribution in [0.15, 0.2) is 10.9 Å². The topological polar surface area (TPSA) is 52.0 Å². The van der Waals surface area contributed by atoms with Crippen LogP contribution < -0.4 is 5.56 Å². The summed E-state index contributed by atoms with van der Waals surface area (Å²) in [6, 6.07) is 1.64. The number of ketones is 1. The zero-order valence-corrected chi connectivity index (χ0v) is 9.69. The number of carbonyl (C=O) groups excluding carboxylic acids is 1. The van der Waals surface area contributed by atoms with Gasteiger partial charge in [0.05, 0.1) is 5.69 Å². The van der Waals surface area contributed by atoms with Gasteiger partial charge in [0.25, 0.3) is 5.56 Å². The summed E-state index contributed by atoms with van der Waals surface area (Å²) in [7, 11) is 0. The summed E-state index contributed by atoms with van der Waals surface area (Å²) in [6.45, 7) is 3.74. The van der Waals surface area contributed by atoms with E-state index in [1.54, 1.807) is 6.07 Å². The van der Waals surface area contributed by atoms with Gasteiger partial charge in [-0.2, -0.15) is 5.10 Å². The van der Waals surface area contributed by atoms with Crippen LogP contribution in [-0.4, -0.2) is 15.6 Å². The van der Waals surface area contributed by atoms with Gasteiger partial charge in [0.15, 0.2) is 5.78 Å². The van der Waals surface area contributed by atoms with Gasteiger partial charge in [0, 0.05) is 6.07 Å². The highest BCUT2D eigenvalue weighted by Crippen LogP contribution is 2.21. The fraction of sp³-hybridized carbons (Fsp3) is 0.583. The fourth-order valence-corrected chi connectivity index (χ4v) is 2.14. The maximum absolute atomic E-state index is 11.7. The number of aromatic nitrogens is 2. The summed E-state index contributed by atoms with van der Waals surface area (Å²) >= 11 is 0. The molecule has 1 aromatic heterocycles. The number of nitrogens with zero attached hydrogens (tertiary/aromatic N) is 2. The van der Waals surface area contributed by atoms with E-state index >= 15 is 0 Å². The summed E-state index contributed by atoms with van der Waals surface area (Å²) in [5.41, 5.74) is 1.88. The number of Topliss-reactive ketones (excluding diaryl/α,β-unsaturated/α-hetero) is 1. The predicted octanol–water partition coefficient (Wildman–Crippen LogP) is 0.957. The second-order valence-corrected chi connectivity index (χ2v) is 4.66. The number of fused-ring (bicyclic) bond motifs is 1. The molecule has 16 heavy (non-hydrogen) atoms. The van der Waals surface area contributed by atoms with Gasteiger partial charge in [0.2, 0.25) is 0 Å². The Morgan fingerprint density at radius 2 is 2.38 bits per heavy atom. The molecule has 1 aliphatic rings. The molecule has 2 rings (SSSR count). The third kappa shape index (κ3) is 2.21. The Morgan fingerprint density at radius 3 is 3.06 bits per heavy atom. The second-order valence-electron chi connectivity index (χ2n) is 4.66. The van der Waals surface area contributed by atoms with Crippen LogP contribution >= 0.6 is 0 Å². The molecule has 0 spiro atoms. The van der Waals surface area contributed by atoms with Crippen molar-refractivity contribution in [3.63, 3.8) is 0 Å². The molecule has 1 aromatic rings. The van der Waals surface area contributed by atoms with Gasteiger partial charge in [-0.3, -0.25) is 9.59 Å². The third-order valence-electron chi connectivity index (χ3n) is 2.98. The van der Waals surface area contributed by atoms with Gasteiger partial charge in [-0.15, -0.1) is 0 Å². The van der Waals surface area contributed by atoms with E-state index in [4.69, 9.17) is 0 Å². The molecule has 1 atom stereocenters. The molecule has 86 valence electrons. The standard InChI is InChI=1S/C12H16N2O2/c1-8-3-4-11-10(5-8)6-12(16)14(13-11)7-9(2)15/h6,8H,3-5,7H2,1-2H3. The van der Waals surface area contributed by atoms with Crippen LogP contribution in [-0.2, 0) is 24.2 Å². The van der Waals surface area contributed by atoms with E-state index in [1.165, 1.54) is 11.6 Å². The Bertz CT molecular complexity index is 476. The molecule has 0 aliphatic heterocycles. The molecule has 0 N–H and O–H groups in total. The first-order chi connectivity index (χ1) is 7.56. The lowest BCUT2D eigenvalue weighted by Crippen LogP contribution is -2.29. The minimum atomic E-state index is -0.164. The normalized spacial score (nSPS) is 19.2. The zero-order chi connectivity index (χ0) is 11.7. The van der Waals surface area contributed by atoms with Gasteiger partial charge in [0.1, 0.15) is 6.54 Å². The molecular weight excluding hydrogens is 204 g/mol. The van der Waals surface area contributed by atoms with Crippen molar-refractivity contribution in [3.05, 3.63) is 27.7 Å². The van der Waals surface area contributed by atoms with Crippen LogP contribution in [0.4, 0.5) is 0 Å². The summed E-state index contributed by atoms with van der Waals surface area (Å²) in [6.07, 6.45) is 2.95. The Morgan fingerprint density at radius 1 is 1.62 bits per heavy atom. The largest absolute Gasteiger partial charge is 0.298 e. The Kier molecular flexibility index (Phi) is 2.90. The molecule has 4 nitrogen and oxygen atoms in total. The van der Waals surface area contributed by atoms with E-state index in [9.17, 15) is 9.59 Å². The molecule has 4 heteroatoms. The molecule has 1 unspecified atom stereocenters. The van der Waals surface area contributed by atoms with Gasteiger partial charge in [-0.25, -0.2) is 4.68 Å². The van der Waals surface area contributed by atoms with Gasteiger partial charge in [-0.05, 0) is 37.7 Å². The van der Waals surface area contributed by atoms with Crippen LogP contribution in [0.3, 0.4) is 0 Å². The van der Waals surface area contributed by atoms with Gasteiger partial charge >= 0.3 is 0 Å². The first-order valence-corrected chi connectivity index (χ1v) is 5.65. The minimum Gasteiger partial charge on any atom is -0.298 e. The van der Waals surface area contributed by atoms with Crippen LogP contribution in [0.25, 0.3) is 0 Å². The molecule has 0 aromatic carbocycles. The van der Waals surface area contributed by atoms with E-state index in [0.717, 1.165) is 30.5 Å². The van der Waals surface area contributed by atoms with E-state index in [0.29, 0.717) is 5.92 Å². The summed E-state index contributed by atoms with van der Waals surface area (Å²) < 4.78 is 1.27. The summed E-state index contributed by atoms with van der Waals surface area (Å²) in [5.74, 6) is 0.580. The van der Waals surface area contributed by atoms with Crippen molar-refractivity contribution in [2.75, 3.05) is 0 Å². The number of hydrogen-bond donors (Lipinski definition) is 0. The van der Waals surface area contributed by atoms with E-state index in [1.807, 2.05) is 0 Å². The molecule has 1 heterocycles. The highest BCUT2D eigenvalue weighted by molar-refractivity contribution is 5.75. The number of hydrogen-bond acceptors (Lipinski definition) is 3. The quantitative estimate of drug-likeness (QED) is 0.746. The van der Waals surface area contributed by atoms with Crippen molar-refractivity contribution in [3.8, 4) is 0 Å². The number of rotatable bonds is 2. The Labute approximate surface area is 94.3 Å². The van der Waals surface area contributed by atoms with Crippen molar-refractivity contribution < 1.29 is 4.79 Å². The molecule has 0 amide bonds. The molecule has 0 saturated carbocycles. The van der Waals surface area contributed by atoms with Crippen molar-refractivity contribution in [2.24, 2.45) is 5.92 Å². The summed E-state index contributed by atoms with van der Waals surface area (Å²) in [5, 5.41) is 4.27. The minimum absolute atomic E-state index is 0.0428. The SMILES string of the molecule is CC(=O)Cn1nc2c(cc1=O)CC(C)CC2. The highest BCUT2D eigenvalue weighted by Gasteiger charge is 2.18. The van der Waals surface area contributed by atoms with Crippen LogP contribution in [0, 0.1) is 5.92 Å². The average Bonchev–Trinajstić information content (AvgIpc) is 2.19. The van der Waals surface area contributed by atoms with E-state index in [2.05, 4.69) is 12.0 Å². The monoisotopic (exact) mass is 220 g/mol. The van der Waals surface area contributed by atoms with E-state index in [-0.39, 0.29) is 17.9 Å². The van der Waals surface area contributed by atoms with Gasteiger partial charge < -0.3 is 0 Å². The van der Waals surface area contributed by atoms with Crippen LogP contribution in [0.1, 0.15) is 31.5 Å². The highest BCUT2D eigenvalue weighted by atomic mass is 16.1. The average molecular weight is 220 g/mol. The van der Waals surface area contributed by atoms with Crippen molar-refractivity contribution in [1.82, 2.24) is 9.78 Å². The molecule has 0 bridgehead atoms. The van der Waals surface area contributed by atoms with Crippen molar-refractivity contribution in [2.45, 2.75) is 39.7 Å². The molecule has 1 aliphatic carbocycles. The first kappa shape index (κ1) is 11.0. The summed E-state index contributed by atoms with van der Waals surface area (Å²) in [4.78, 5) is 22.7. The number of carbonyl (C=O) groups is 1. The molecule has 0 fully saturated rings. The van der Waals surface area contributed by atoms with Gasteiger partial charge in [-0.1, -0.05) is 6.92 Å².